The Hall–Kier alpha value is -0.400. The molecule has 2 aliphatic heterocycles. The monoisotopic (exact) mass is 508 g/mol. The van der Waals surface area contributed by atoms with Crippen molar-refractivity contribution in [1.82, 2.24) is 9.80 Å². The molecule has 2 heterocycles. The van der Waals surface area contributed by atoms with Crippen LogP contribution in [-0.4, -0.2) is 82.1 Å². The van der Waals surface area contributed by atoms with Gasteiger partial charge in [0.25, 0.3) is 0 Å². The zero-order valence-corrected chi connectivity index (χ0v) is 22.8. The number of amides is 2. The zero-order valence-electron chi connectivity index (χ0n) is 21.1. The van der Waals surface area contributed by atoms with Gasteiger partial charge in [0.2, 0.25) is 12.3 Å². The van der Waals surface area contributed by atoms with E-state index in [0.717, 1.165) is 6.41 Å². The van der Waals surface area contributed by atoms with Crippen LogP contribution in [-0.2, 0) is 23.2 Å². The second kappa shape index (κ2) is 12.0. The van der Waals surface area contributed by atoms with E-state index in [1.807, 2.05) is 13.8 Å². The Morgan fingerprint density at radius 3 is 2.36 bits per heavy atom. The van der Waals surface area contributed by atoms with Gasteiger partial charge in [-0.15, -0.1) is 0 Å². The number of hydrogen-bond donors (Lipinski definition) is 2. The van der Waals surface area contributed by atoms with Crippen LogP contribution in [0.5, 0.6) is 0 Å². The number of likely N-dealkylation sites (tertiary alicyclic amines) is 2. The molecule has 5 atom stereocenters. The minimum Gasteiger partial charge on any atom is -0.350 e. The third kappa shape index (κ3) is 8.34. The Labute approximate surface area is 201 Å². The zero-order chi connectivity index (χ0) is 25.0. The molecule has 2 saturated heterocycles. The van der Waals surface area contributed by atoms with Crippen molar-refractivity contribution in [3.05, 3.63) is 0 Å². The van der Waals surface area contributed by atoms with Crippen molar-refractivity contribution in [3.63, 3.8) is 0 Å². The average Bonchev–Trinajstić information content (AvgIpc) is 3.31. The largest absolute Gasteiger partial charge is 0.350 e. The lowest BCUT2D eigenvalue weighted by Gasteiger charge is -2.39. The molecule has 192 valence electrons. The molecule has 0 aliphatic carbocycles. The number of nitrogens with zero attached hydrogens (tertiary/aromatic N) is 2. The summed E-state index contributed by atoms with van der Waals surface area (Å²) in [6.07, 6.45) is 1.87. The summed E-state index contributed by atoms with van der Waals surface area (Å²) in [7, 11) is -3.66. The van der Waals surface area contributed by atoms with Crippen LogP contribution in [0.2, 0.25) is 0 Å². The summed E-state index contributed by atoms with van der Waals surface area (Å²) in [5.41, 5.74) is -0.0924. The second-order valence-corrected chi connectivity index (χ2v) is 13.8. The average molecular weight is 509 g/mol. The molecule has 33 heavy (non-hydrogen) atoms. The highest BCUT2D eigenvalue weighted by molar-refractivity contribution is 7.46. The summed E-state index contributed by atoms with van der Waals surface area (Å²) < 4.78 is 16.9. The van der Waals surface area contributed by atoms with Crippen LogP contribution in [0, 0.1) is 10.8 Å². The first-order valence-electron chi connectivity index (χ1n) is 11.7. The minimum absolute atomic E-state index is 0.0130. The maximum Gasteiger partial charge on any atom is 0.330 e. The van der Waals surface area contributed by atoms with Gasteiger partial charge in [-0.1, -0.05) is 48.5 Å². The number of carbonyl (C=O) groups is 2. The summed E-state index contributed by atoms with van der Waals surface area (Å²) in [5.74, 6) is 0.105. The summed E-state index contributed by atoms with van der Waals surface area (Å²) in [6.45, 7) is 16.0. The molecule has 0 aromatic heterocycles. The topological polar surface area (TPSA) is 109 Å². The van der Waals surface area contributed by atoms with Crippen LogP contribution < -0.4 is 0 Å². The van der Waals surface area contributed by atoms with Gasteiger partial charge in [0, 0.05) is 31.7 Å². The van der Waals surface area contributed by atoms with Crippen molar-refractivity contribution in [2.75, 3.05) is 26.2 Å². The molecule has 0 radical (unpaired) electrons. The first kappa shape index (κ1) is 28.8. The van der Waals surface area contributed by atoms with Crippen LogP contribution in [0.3, 0.4) is 0 Å². The van der Waals surface area contributed by atoms with Gasteiger partial charge in [-0.05, 0) is 23.7 Å². The van der Waals surface area contributed by atoms with Gasteiger partial charge in [0.05, 0.1) is 24.9 Å². The first-order chi connectivity index (χ1) is 15.2. The highest BCUT2D eigenvalue weighted by Gasteiger charge is 2.38. The quantitative estimate of drug-likeness (QED) is 0.324. The molecule has 0 aromatic carbocycles. The van der Waals surface area contributed by atoms with Crippen molar-refractivity contribution < 1.29 is 32.9 Å². The molecule has 2 fully saturated rings. The fraction of sp³-hybridized carbons (Fsp3) is 0.909. The van der Waals surface area contributed by atoms with Crippen LogP contribution in [0.15, 0.2) is 0 Å². The van der Waals surface area contributed by atoms with Crippen LogP contribution in [0.25, 0.3) is 0 Å². The van der Waals surface area contributed by atoms with E-state index in [1.165, 1.54) is 0 Å². The summed E-state index contributed by atoms with van der Waals surface area (Å²) in [5, 5.41) is 0. The SMILES string of the molecule is CC(C)P(O)OC1CC(COP(O)OC2CCN(C(=O)CC(C)(C)C(C)(C)C)C2)N(C=O)C1. The molecule has 0 aromatic rings. The van der Waals surface area contributed by atoms with Gasteiger partial charge >= 0.3 is 8.60 Å². The molecular formula is C22H42N2O7P2. The van der Waals surface area contributed by atoms with E-state index in [2.05, 4.69) is 34.6 Å². The molecule has 5 unspecified atom stereocenters. The smallest absolute Gasteiger partial charge is 0.330 e. The Morgan fingerprint density at radius 1 is 1.12 bits per heavy atom. The molecule has 0 spiro atoms. The summed E-state index contributed by atoms with van der Waals surface area (Å²) in [4.78, 5) is 47.8. The third-order valence-corrected chi connectivity index (χ3v) is 9.24. The van der Waals surface area contributed by atoms with Gasteiger partial charge in [-0.3, -0.25) is 9.59 Å². The van der Waals surface area contributed by atoms with Crippen molar-refractivity contribution in [3.8, 4) is 0 Å². The predicted octanol–water partition coefficient (Wildman–Crippen LogP) is 3.63. The van der Waals surface area contributed by atoms with Crippen LogP contribution in [0.4, 0.5) is 0 Å². The summed E-state index contributed by atoms with van der Waals surface area (Å²) >= 11 is 0. The van der Waals surface area contributed by atoms with E-state index in [1.54, 1.807) is 9.80 Å². The standard InChI is InChI=1S/C22H42N2O7P2/c1-16(2)32(27)30-19-10-17(24(13-19)15-25)14-29-33(28)31-18-8-9-23(12-18)20(26)11-22(6,7)21(3,4)5/h15-19,27-28H,8-14H2,1-7H3. The number of hydrogen-bond acceptors (Lipinski definition) is 7. The Balaban J connectivity index is 1.76. The van der Waals surface area contributed by atoms with Crippen molar-refractivity contribution in [1.29, 1.82) is 0 Å². The Kier molecular flexibility index (Phi) is 10.5. The summed E-state index contributed by atoms with van der Waals surface area (Å²) in [6, 6.07) is -0.245. The maximum absolute atomic E-state index is 12.8. The highest BCUT2D eigenvalue weighted by atomic mass is 31.2. The predicted molar refractivity (Wildman–Crippen MR) is 129 cm³/mol. The molecular weight excluding hydrogens is 466 g/mol. The van der Waals surface area contributed by atoms with Crippen LogP contribution in [0.1, 0.15) is 67.7 Å². The second-order valence-electron chi connectivity index (χ2n) is 11.0. The Morgan fingerprint density at radius 2 is 1.79 bits per heavy atom. The Bertz CT molecular complexity index is 659. The lowest BCUT2D eigenvalue weighted by atomic mass is 9.67. The molecule has 2 aliphatic rings. The molecule has 0 saturated carbocycles. The van der Waals surface area contributed by atoms with Gasteiger partial charge in [0.1, 0.15) is 0 Å². The van der Waals surface area contributed by atoms with Gasteiger partial charge in [0.15, 0.2) is 8.38 Å². The molecule has 2 amide bonds. The lowest BCUT2D eigenvalue weighted by molar-refractivity contribution is -0.134. The fourth-order valence-electron chi connectivity index (χ4n) is 3.64. The lowest BCUT2D eigenvalue weighted by Crippen LogP contribution is -2.38. The van der Waals surface area contributed by atoms with Gasteiger partial charge in [-0.2, -0.15) is 0 Å². The molecule has 2 N–H and O–H groups in total. The maximum atomic E-state index is 12.8. The molecule has 11 heteroatoms. The third-order valence-electron chi connectivity index (χ3n) is 6.99. The van der Waals surface area contributed by atoms with Gasteiger partial charge < -0.3 is 33.2 Å². The van der Waals surface area contributed by atoms with Crippen molar-refractivity contribution in [2.45, 2.75) is 91.6 Å². The highest BCUT2D eigenvalue weighted by Crippen LogP contribution is 2.43. The fourth-order valence-corrected chi connectivity index (χ4v) is 5.13. The van der Waals surface area contributed by atoms with Crippen molar-refractivity contribution in [2.24, 2.45) is 10.8 Å². The van der Waals surface area contributed by atoms with Crippen LogP contribution >= 0.6 is 17.0 Å². The first-order valence-corrected chi connectivity index (χ1v) is 14.1. The van der Waals surface area contributed by atoms with Gasteiger partial charge in [-0.25, -0.2) is 0 Å². The normalized spacial score (nSPS) is 26.2. The van der Waals surface area contributed by atoms with E-state index in [9.17, 15) is 19.4 Å². The molecule has 0 bridgehead atoms. The van der Waals surface area contributed by atoms with E-state index < -0.39 is 17.0 Å². The van der Waals surface area contributed by atoms with E-state index in [-0.39, 0.29) is 47.3 Å². The molecule has 2 rings (SSSR count). The molecule has 9 nitrogen and oxygen atoms in total. The van der Waals surface area contributed by atoms with E-state index in [0.29, 0.717) is 38.9 Å². The number of rotatable bonds is 11. The number of carbonyl (C=O) groups excluding carboxylic acids is 2. The van der Waals surface area contributed by atoms with Crippen molar-refractivity contribution >= 4 is 29.3 Å². The van der Waals surface area contributed by atoms with E-state index >= 15 is 0 Å². The minimum atomic E-state index is -2.12. The van der Waals surface area contributed by atoms with E-state index in [4.69, 9.17) is 13.6 Å².